The Labute approximate surface area is 94.7 Å². The SMILES string of the molecule is CC#CCCNC(C)c1ccc(C(=O)O)o1. The highest BCUT2D eigenvalue weighted by Crippen LogP contribution is 2.15. The molecule has 0 amide bonds. The lowest BCUT2D eigenvalue weighted by atomic mass is 10.2. The maximum Gasteiger partial charge on any atom is 0.371 e. The number of carbonyl (C=O) groups is 1. The fourth-order valence-corrected chi connectivity index (χ4v) is 1.28. The Kier molecular flexibility index (Phi) is 4.62. The van der Waals surface area contributed by atoms with Crippen LogP contribution in [-0.2, 0) is 0 Å². The second kappa shape index (κ2) is 5.99. The highest BCUT2D eigenvalue weighted by atomic mass is 16.4. The summed E-state index contributed by atoms with van der Waals surface area (Å²) in [5.74, 6) is 5.30. The van der Waals surface area contributed by atoms with Crippen molar-refractivity contribution in [1.29, 1.82) is 0 Å². The smallest absolute Gasteiger partial charge is 0.371 e. The average Bonchev–Trinajstić information content (AvgIpc) is 2.73. The normalized spacial score (nSPS) is 11.6. The number of hydrogen-bond donors (Lipinski definition) is 2. The van der Waals surface area contributed by atoms with Crippen molar-refractivity contribution in [3.05, 3.63) is 23.7 Å². The second-order valence-electron chi connectivity index (χ2n) is 3.36. The molecule has 4 heteroatoms. The third-order valence-corrected chi connectivity index (χ3v) is 2.14. The van der Waals surface area contributed by atoms with Gasteiger partial charge in [-0.1, -0.05) is 0 Å². The van der Waals surface area contributed by atoms with Gasteiger partial charge in [0.25, 0.3) is 0 Å². The molecule has 0 aliphatic carbocycles. The molecule has 0 spiro atoms. The summed E-state index contributed by atoms with van der Waals surface area (Å²) in [4.78, 5) is 10.6. The third-order valence-electron chi connectivity index (χ3n) is 2.14. The molecule has 2 N–H and O–H groups in total. The van der Waals surface area contributed by atoms with Gasteiger partial charge >= 0.3 is 5.97 Å². The van der Waals surface area contributed by atoms with Gasteiger partial charge in [0, 0.05) is 13.0 Å². The van der Waals surface area contributed by atoms with Gasteiger partial charge in [0.05, 0.1) is 6.04 Å². The summed E-state index contributed by atoms with van der Waals surface area (Å²) in [5.41, 5.74) is 0. The summed E-state index contributed by atoms with van der Waals surface area (Å²) in [6, 6.07) is 3.13. The van der Waals surface area contributed by atoms with Crippen LogP contribution in [0.25, 0.3) is 0 Å². The van der Waals surface area contributed by atoms with E-state index in [4.69, 9.17) is 9.52 Å². The number of aromatic carboxylic acids is 1. The molecule has 16 heavy (non-hydrogen) atoms. The van der Waals surface area contributed by atoms with Crippen molar-refractivity contribution in [3.63, 3.8) is 0 Å². The molecule has 0 saturated carbocycles. The lowest BCUT2D eigenvalue weighted by Crippen LogP contribution is -2.19. The Balaban J connectivity index is 2.48. The van der Waals surface area contributed by atoms with Crippen LogP contribution < -0.4 is 5.32 Å². The Morgan fingerprint density at radius 2 is 2.38 bits per heavy atom. The molecule has 1 aromatic heterocycles. The molecule has 1 aromatic rings. The summed E-state index contributed by atoms with van der Waals surface area (Å²) in [7, 11) is 0. The lowest BCUT2D eigenvalue weighted by molar-refractivity contribution is 0.0659. The molecule has 0 radical (unpaired) electrons. The summed E-state index contributed by atoms with van der Waals surface area (Å²) in [6.45, 7) is 4.48. The van der Waals surface area contributed by atoms with Crippen LogP contribution in [0.3, 0.4) is 0 Å². The van der Waals surface area contributed by atoms with E-state index in [1.807, 2.05) is 6.92 Å². The minimum absolute atomic E-state index is 0.00763. The molecular formula is C12H15NO3. The fourth-order valence-electron chi connectivity index (χ4n) is 1.28. The first-order valence-corrected chi connectivity index (χ1v) is 5.11. The molecule has 0 fully saturated rings. The number of furan rings is 1. The molecule has 0 aromatic carbocycles. The standard InChI is InChI=1S/C12H15NO3/c1-3-4-5-8-13-9(2)10-6-7-11(16-10)12(14)15/h6-7,9,13H,5,8H2,1-2H3,(H,14,15). The molecule has 1 rings (SSSR count). The Morgan fingerprint density at radius 3 is 2.94 bits per heavy atom. The largest absolute Gasteiger partial charge is 0.475 e. The van der Waals surface area contributed by atoms with Gasteiger partial charge in [-0.15, -0.1) is 11.8 Å². The minimum atomic E-state index is -1.05. The van der Waals surface area contributed by atoms with E-state index >= 15 is 0 Å². The molecule has 1 unspecified atom stereocenters. The van der Waals surface area contributed by atoms with E-state index in [0.717, 1.165) is 13.0 Å². The van der Waals surface area contributed by atoms with Gasteiger partial charge < -0.3 is 14.8 Å². The van der Waals surface area contributed by atoms with E-state index in [1.54, 1.807) is 13.0 Å². The zero-order valence-electron chi connectivity index (χ0n) is 9.41. The van der Waals surface area contributed by atoms with Crippen molar-refractivity contribution in [2.45, 2.75) is 26.3 Å². The van der Waals surface area contributed by atoms with Crippen molar-refractivity contribution >= 4 is 5.97 Å². The summed E-state index contributed by atoms with van der Waals surface area (Å²) < 4.78 is 5.17. The first-order valence-electron chi connectivity index (χ1n) is 5.11. The molecule has 1 heterocycles. The van der Waals surface area contributed by atoms with E-state index in [-0.39, 0.29) is 11.8 Å². The van der Waals surface area contributed by atoms with Gasteiger partial charge in [0.15, 0.2) is 0 Å². The lowest BCUT2D eigenvalue weighted by Gasteiger charge is -2.09. The number of carboxylic acid groups (broad SMARTS) is 1. The Hall–Kier alpha value is -1.73. The van der Waals surface area contributed by atoms with Crippen LogP contribution in [0.1, 0.15) is 42.6 Å². The number of nitrogens with one attached hydrogen (secondary N) is 1. The van der Waals surface area contributed by atoms with Crippen LogP contribution in [0.5, 0.6) is 0 Å². The van der Waals surface area contributed by atoms with E-state index < -0.39 is 5.97 Å². The fraction of sp³-hybridized carbons (Fsp3) is 0.417. The van der Waals surface area contributed by atoms with Crippen molar-refractivity contribution in [2.24, 2.45) is 0 Å². The maximum atomic E-state index is 10.6. The predicted molar refractivity (Wildman–Crippen MR) is 60.2 cm³/mol. The number of carboxylic acids is 1. The van der Waals surface area contributed by atoms with E-state index in [0.29, 0.717) is 5.76 Å². The second-order valence-corrected chi connectivity index (χ2v) is 3.36. The van der Waals surface area contributed by atoms with E-state index in [2.05, 4.69) is 17.2 Å². The molecule has 1 atom stereocenters. The Morgan fingerprint density at radius 1 is 1.62 bits per heavy atom. The molecule has 0 bridgehead atoms. The molecule has 86 valence electrons. The van der Waals surface area contributed by atoms with Crippen LogP contribution in [-0.4, -0.2) is 17.6 Å². The van der Waals surface area contributed by atoms with Crippen LogP contribution >= 0.6 is 0 Å². The van der Waals surface area contributed by atoms with E-state index in [9.17, 15) is 4.79 Å². The molecule has 4 nitrogen and oxygen atoms in total. The van der Waals surface area contributed by atoms with Crippen molar-refractivity contribution in [1.82, 2.24) is 5.32 Å². The summed E-state index contributed by atoms with van der Waals surface area (Å²) in [5, 5.41) is 11.9. The number of rotatable bonds is 5. The predicted octanol–water partition coefficient (Wildman–Crippen LogP) is 2.04. The van der Waals surface area contributed by atoms with Crippen molar-refractivity contribution in [2.75, 3.05) is 6.54 Å². The monoisotopic (exact) mass is 221 g/mol. The molecule has 0 aliphatic heterocycles. The zero-order valence-corrected chi connectivity index (χ0v) is 9.41. The quantitative estimate of drug-likeness (QED) is 0.590. The molecular weight excluding hydrogens is 206 g/mol. The Bertz CT molecular complexity index is 411. The summed E-state index contributed by atoms with van der Waals surface area (Å²) in [6.07, 6.45) is 0.771. The summed E-state index contributed by atoms with van der Waals surface area (Å²) >= 11 is 0. The van der Waals surface area contributed by atoms with Crippen LogP contribution in [0, 0.1) is 11.8 Å². The highest BCUT2D eigenvalue weighted by molar-refractivity contribution is 5.84. The zero-order chi connectivity index (χ0) is 12.0. The van der Waals surface area contributed by atoms with Crippen molar-refractivity contribution < 1.29 is 14.3 Å². The van der Waals surface area contributed by atoms with Crippen LogP contribution in [0.2, 0.25) is 0 Å². The first kappa shape index (κ1) is 12.3. The number of hydrogen-bond acceptors (Lipinski definition) is 3. The topological polar surface area (TPSA) is 62.5 Å². The van der Waals surface area contributed by atoms with Gasteiger partial charge in [0.1, 0.15) is 5.76 Å². The average molecular weight is 221 g/mol. The molecule has 0 aliphatic rings. The van der Waals surface area contributed by atoms with Gasteiger partial charge in [-0.25, -0.2) is 4.79 Å². The minimum Gasteiger partial charge on any atom is -0.475 e. The first-order chi connectivity index (χ1) is 7.65. The molecule has 0 saturated heterocycles. The third kappa shape index (κ3) is 3.44. The van der Waals surface area contributed by atoms with Gasteiger partial charge in [-0.2, -0.15) is 0 Å². The van der Waals surface area contributed by atoms with Crippen LogP contribution in [0.4, 0.5) is 0 Å². The maximum absolute atomic E-state index is 10.6. The van der Waals surface area contributed by atoms with Gasteiger partial charge in [-0.3, -0.25) is 0 Å². The van der Waals surface area contributed by atoms with Gasteiger partial charge in [-0.05, 0) is 26.0 Å². The van der Waals surface area contributed by atoms with E-state index in [1.165, 1.54) is 6.07 Å². The van der Waals surface area contributed by atoms with Crippen molar-refractivity contribution in [3.8, 4) is 11.8 Å². The van der Waals surface area contributed by atoms with Crippen LogP contribution in [0.15, 0.2) is 16.5 Å². The highest BCUT2D eigenvalue weighted by Gasteiger charge is 2.13. The van der Waals surface area contributed by atoms with Gasteiger partial charge in [0.2, 0.25) is 5.76 Å².